The van der Waals surface area contributed by atoms with E-state index in [9.17, 15) is 0 Å². The fourth-order valence-electron chi connectivity index (χ4n) is 2.91. The second-order valence-corrected chi connectivity index (χ2v) is 5.72. The Morgan fingerprint density at radius 1 is 1.35 bits per heavy atom. The van der Waals surface area contributed by atoms with Gasteiger partial charge in [-0.25, -0.2) is 4.98 Å². The van der Waals surface area contributed by atoms with Crippen LogP contribution in [0.1, 0.15) is 43.4 Å². The highest BCUT2D eigenvalue weighted by Crippen LogP contribution is 2.22. The Bertz CT molecular complexity index is 553. The SMILES string of the molecule is CC(C)c1nc2c(n1CCCn1cccn1)CCNC2. The molecule has 0 saturated carbocycles. The second kappa shape index (κ2) is 5.79. The fraction of sp³-hybridized carbons (Fsp3) is 0.600. The summed E-state index contributed by atoms with van der Waals surface area (Å²) < 4.78 is 4.45. The van der Waals surface area contributed by atoms with Crippen LogP contribution in [-0.2, 0) is 26.1 Å². The molecule has 0 spiro atoms. The van der Waals surface area contributed by atoms with Gasteiger partial charge in [0, 0.05) is 56.6 Å². The van der Waals surface area contributed by atoms with Crippen LogP contribution in [0.15, 0.2) is 18.5 Å². The lowest BCUT2D eigenvalue weighted by molar-refractivity contribution is 0.495. The summed E-state index contributed by atoms with van der Waals surface area (Å²) in [4.78, 5) is 4.84. The lowest BCUT2D eigenvalue weighted by atomic mass is 10.1. The van der Waals surface area contributed by atoms with Crippen LogP contribution in [0.5, 0.6) is 0 Å². The van der Waals surface area contributed by atoms with Crippen LogP contribution in [-0.4, -0.2) is 25.9 Å². The number of hydrogen-bond acceptors (Lipinski definition) is 3. The van der Waals surface area contributed by atoms with Crippen LogP contribution in [0.4, 0.5) is 0 Å². The molecule has 2 aromatic heterocycles. The zero-order valence-corrected chi connectivity index (χ0v) is 12.3. The smallest absolute Gasteiger partial charge is 0.111 e. The predicted molar refractivity (Wildman–Crippen MR) is 78.6 cm³/mol. The zero-order chi connectivity index (χ0) is 13.9. The van der Waals surface area contributed by atoms with E-state index in [2.05, 4.69) is 28.8 Å². The van der Waals surface area contributed by atoms with E-state index >= 15 is 0 Å². The van der Waals surface area contributed by atoms with Crippen LogP contribution in [0.2, 0.25) is 0 Å². The molecule has 3 heterocycles. The van der Waals surface area contributed by atoms with E-state index in [-0.39, 0.29) is 0 Å². The van der Waals surface area contributed by atoms with Gasteiger partial charge in [-0.1, -0.05) is 13.8 Å². The molecule has 108 valence electrons. The molecule has 0 aliphatic carbocycles. The van der Waals surface area contributed by atoms with Crippen molar-refractivity contribution in [2.45, 2.75) is 52.2 Å². The number of nitrogens with one attached hydrogen (secondary N) is 1. The highest BCUT2D eigenvalue weighted by molar-refractivity contribution is 5.21. The molecule has 20 heavy (non-hydrogen) atoms. The summed E-state index contributed by atoms with van der Waals surface area (Å²) in [5.41, 5.74) is 2.69. The number of aryl methyl sites for hydroxylation is 1. The first kappa shape index (κ1) is 13.4. The Labute approximate surface area is 120 Å². The van der Waals surface area contributed by atoms with E-state index in [1.54, 1.807) is 0 Å². The lowest BCUT2D eigenvalue weighted by Gasteiger charge is -2.17. The number of fused-ring (bicyclic) bond motifs is 1. The molecule has 5 heteroatoms. The molecule has 0 saturated heterocycles. The van der Waals surface area contributed by atoms with Gasteiger partial charge in [0.2, 0.25) is 0 Å². The molecule has 3 rings (SSSR count). The third-order valence-electron chi connectivity index (χ3n) is 3.86. The Balaban J connectivity index is 1.75. The summed E-state index contributed by atoms with van der Waals surface area (Å²) in [6, 6.07) is 1.98. The molecule has 0 atom stereocenters. The molecular weight excluding hydrogens is 250 g/mol. The molecule has 2 aromatic rings. The normalized spacial score (nSPS) is 14.8. The molecule has 0 unspecified atom stereocenters. The second-order valence-electron chi connectivity index (χ2n) is 5.72. The molecule has 1 aliphatic heterocycles. The molecular formula is C15H23N5. The zero-order valence-electron chi connectivity index (χ0n) is 12.3. The summed E-state index contributed by atoms with van der Waals surface area (Å²) in [6.07, 6.45) is 6.05. The summed E-state index contributed by atoms with van der Waals surface area (Å²) >= 11 is 0. The van der Waals surface area contributed by atoms with Crippen molar-refractivity contribution in [3.05, 3.63) is 35.7 Å². The molecule has 1 aliphatic rings. The maximum Gasteiger partial charge on any atom is 0.111 e. The van der Waals surface area contributed by atoms with Crippen molar-refractivity contribution in [1.82, 2.24) is 24.6 Å². The standard InChI is InChI=1S/C15H23N5/c1-12(2)15-18-13-11-16-7-5-14(13)20(15)10-4-9-19-8-3-6-17-19/h3,6,8,12,16H,4-5,7,9-11H2,1-2H3. The van der Waals surface area contributed by atoms with Crippen LogP contribution in [0, 0.1) is 0 Å². The van der Waals surface area contributed by atoms with Gasteiger partial charge in [0.15, 0.2) is 0 Å². The van der Waals surface area contributed by atoms with Crippen LogP contribution in [0.3, 0.4) is 0 Å². The molecule has 0 aromatic carbocycles. The Morgan fingerprint density at radius 2 is 2.25 bits per heavy atom. The number of rotatable bonds is 5. The van der Waals surface area contributed by atoms with Crippen LogP contribution < -0.4 is 5.32 Å². The highest BCUT2D eigenvalue weighted by atomic mass is 15.3. The first-order valence-corrected chi connectivity index (χ1v) is 7.52. The van der Waals surface area contributed by atoms with Gasteiger partial charge in [-0.15, -0.1) is 0 Å². The van der Waals surface area contributed by atoms with E-state index in [0.29, 0.717) is 5.92 Å². The quantitative estimate of drug-likeness (QED) is 0.905. The fourth-order valence-corrected chi connectivity index (χ4v) is 2.91. The van der Waals surface area contributed by atoms with Crippen molar-refractivity contribution in [3.8, 4) is 0 Å². The molecule has 5 nitrogen and oxygen atoms in total. The maximum atomic E-state index is 4.84. The number of nitrogens with zero attached hydrogens (tertiary/aromatic N) is 4. The van der Waals surface area contributed by atoms with E-state index in [1.165, 1.54) is 17.2 Å². The van der Waals surface area contributed by atoms with Crippen molar-refractivity contribution >= 4 is 0 Å². The predicted octanol–water partition coefficient (Wildman–Crippen LogP) is 1.94. The Kier molecular flexibility index (Phi) is 3.87. The molecule has 0 radical (unpaired) electrons. The van der Waals surface area contributed by atoms with Crippen molar-refractivity contribution in [3.63, 3.8) is 0 Å². The number of imidazole rings is 1. The van der Waals surface area contributed by atoms with Gasteiger partial charge in [0.05, 0.1) is 5.69 Å². The first-order valence-electron chi connectivity index (χ1n) is 7.52. The monoisotopic (exact) mass is 273 g/mol. The summed E-state index contributed by atoms with van der Waals surface area (Å²) in [7, 11) is 0. The number of hydrogen-bond donors (Lipinski definition) is 1. The average molecular weight is 273 g/mol. The van der Waals surface area contributed by atoms with Crippen molar-refractivity contribution in [2.24, 2.45) is 0 Å². The van der Waals surface area contributed by atoms with Gasteiger partial charge >= 0.3 is 0 Å². The Hall–Kier alpha value is -1.62. The molecule has 0 fully saturated rings. The topological polar surface area (TPSA) is 47.7 Å². The molecule has 0 bridgehead atoms. The van der Waals surface area contributed by atoms with Gasteiger partial charge in [-0.2, -0.15) is 5.10 Å². The van der Waals surface area contributed by atoms with Gasteiger partial charge in [-0.3, -0.25) is 4.68 Å². The van der Waals surface area contributed by atoms with Gasteiger partial charge in [0.1, 0.15) is 5.82 Å². The van der Waals surface area contributed by atoms with Crippen molar-refractivity contribution < 1.29 is 0 Å². The third-order valence-corrected chi connectivity index (χ3v) is 3.86. The maximum absolute atomic E-state index is 4.84. The van der Waals surface area contributed by atoms with Crippen LogP contribution in [0.25, 0.3) is 0 Å². The summed E-state index contributed by atoms with van der Waals surface area (Å²) in [5.74, 6) is 1.71. The summed E-state index contributed by atoms with van der Waals surface area (Å²) in [6.45, 7) is 8.44. The Morgan fingerprint density at radius 3 is 3.00 bits per heavy atom. The highest BCUT2D eigenvalue weighted by Gasteiger charge is 2.20. The lowest BCUT2D eigenvalue weighted by Crippen LogP contribution is -2.25. The minimum atomic E-state index is 0.477. The third kappa shape index (κ3) is 2.63. The minimum Gasteiger partial charge on any atom is -0.331 e. The van der Waals surface area contributed by atoms with Crippen molar-refractivity contribution in [2.75, 3.05) is 6.54 Å². The van der Waals surface area contributed by atoms with E-state index < -0.39 is 0 Å². The molecule has 1 N–H and O–H groups in total. The largest absolute Gasteiger partial charge is 0.331 e. The van der Waals surface area contributed by atoms with E-state index in [1.807, 2.05) is 23.1 Å². The van der Waals surface area contributed by atoms with Crippen LogP contribution >= 0.6 is 0 Å². The van der Waals surface area contributed by atoms with E-state index in [0.717, 1.165) is 39.0 Å². The van der Waals surface area contributed by atoms with Gasteiger partial charge in [0.25, 0.3) is 0 Å². The van der Waals surface area contributed by atoms with Crippen molar-refractivity contribution in [1.29, 1.82) is 0 Å². The summed E-state index contributed by atoms with van der Waals surface area (Å²) in [5, 5.41) is 7.67. The van der Waals surface area contributed by atoms with E-state index in [4.69, 9.17) is 4.98 Å². The van der Waals surface area contributed by atoms with Gasteiger partial charge in [-0.05, 0) is 12.5 Å². The minimum absolute atomic E-state index is 0.477. The molecule has 0 amide bonds. The van der Waals surface area contributed by atoms with Gasteiger partial charge < -0.3 is 9.88 Å². The number of aromatic nitrogens is 4. The first-order chi connectivity index (χ1) is 9.75. The average Bonchev–Trinajstić information content (AvgIpc) is 3.07.